The van der Waals surface area contributed by atoms with Crippen LogP contribution in [0.1, 0.15) is 27.4 Å². The van der Waals surface area contributed by atoms with E-state index in [1.807, 2.05) is 35.9 Å². The highest BCUT2D eigenvalue weighted by atomic mass is 35.5. The van der Waals surface area contributed by atoms with E-state index in [-0.39, 0.29) is 5.91 Å². The second-order valence-electron chi connectivity index (χ2n) is 8.33. The van der Waals surface area contributed by atoms with Crippen molar-refractivity contribution in [2.24, 2.45) is 0 Å². The summed E-state index contributed by atoms with van der Waals surface area (Å²) < 4.78 is 2.86. The maximum Gasteiger partial charge on any atom is 0.234 e. The third-order valence-electron chi connectivity index (χ3n) is 6.01. The van der Waals surface area contributed by atoms with Crippen molar-refractivity contribution < 1.29 is 4.79 Å². The topological polar surface area (TPSA) is 53.4 Å². The molecule has 0 unspecified atom stereocenters. The molecule has 170 valence electrons. The van der Waals surface area contributed by atoms with Gasteiger partial charge in [-0.2, -0.15) is 5.10 Å². The van der Waals surface area contributed by atoms with Gasteiger partial charge in [-0.3, -0.25) is 19.3 Å². The Morgan fingerprint density at radius 1 is 1.03 bits per heavy atom. The highest BCUT2D eigenvalue weighted by Gasteiger charge is 2.20. The first-order valence-corrected chi connectivity index (χ1v) is 12.2. The first-order valence-electron chi connectivity index (χ1n) is 11.0. The Morgan fingerprint density at radius 3 is 2.44 bits per heavy atom. The van der Waals surface area contributed by atoms with Gasteiger partial charge in [-0.15, -0.1) is 11.3 Å². The zero-order chi connectivity index (χ0) is 22.5. The third kappa shape index (κ3) is 5.98. The van der Waals surface area contributed by atoms with Crippen molar-refractivity contribution in [3.05, 3.63) is 74.2 Å². The summed E-state index contributed by atoms with van der Waals surface area (Å²) in [6, 6.07) is 14.4. The number of nitrogens with one attached hydrogen (secondary N) is 1. The van der Waals surface area contributed by atoms with Gasteiger partial charge in [0.2, 0.25) is 5.91 Å². The van der Waals surface area contributed by atoms with E-state index in [0.29, 0.717) is 13.1 Å². The molecule has 1 aliphatic heterocycles. The van der Waals surface area contributed by atoms with Gasteiger partial charge in [-0.05, 0) is 31.5 Å². The van der Waals surface area contributed by atoms with Crippen molar-refractivity contribution in [2.45, 2.75) is 33.5 Å². The molecule has 3 heterocycles. The van der Waals surface area contributed by atoms with E-state index in [0.717, 1.165) is 60.6 Å². The molecule has 6 nitrogen and oxygen atoms in total. The molecule has 0 bridgehead atoms. The summed E-state index contributed by atoms with van der Waals surface area (Å²) in [5, 5.41) is 7.78. The quantitative estimate of drug-likeness (QED) is 0.544. The molecule has 0 atom stereocenters. The molecule has 4 rings (SSSR count). The van der Waals surface area contributed by atoms with Gasteiger partial charge >= 0.3 is 0 Å². The lowest BCUT2D eigenvalue weighted by atomic mass is 10.2. The van der Waals surface area contributed by atoms with Crippen molar-refractivity contribution in [1.82, 2.24) is 24.9 Å². The maximum atomic E-state index is 12.6. The summed E-state index contributed by atoms with van der Waals surface area (Å²) in [4.78, 5) is 18.5. The van der Waals surface area contributed by atoms with Gasteiger partial charge in [0.05, 0.1) is 23.1 Å². The number of thiophene rings is 1. The van der Waals surface area contributed by atoms with E-state index >= 15 is 0 Å². The minimum Gasteiger partial charge on any atom is -0.351 e. The van der Waals surface area contributed by atoms with Crippen molar-refractivity contribution in [3.63, 3.8) is 0 Å². The monoisotopic (exact) mass is 471 g/mol. The molecule has 1 N–H and O–H groups in total. The number of halogens is 1. The Kier molecular flexibility index (Phi) is 7.63. The van der Waals surface area contributed by atoms with Crippen molar-refractivity contribution in [3.8, 4) is 0 Å². The molecule has 0 saturated carbocycles. The molecular formula is C24H30ClN5OS. The van der Waals surface area contributed by atoms with Crippen LogP contribution in [0, 0.1) is 13.8 Å². The molecule has 0 aliphatic carbocycles. The number of carbonyl (C=O) groups excluding carboxylic acids is 1. The predicted molar refractivity (Wildman–Crippen MR) is 130 cm³/mol. The average Bonchev–Trinajstić information content (AvgIpc) is 3.31. The second kappa shape index (κ2) is 10.6. The number of rotatable bonds is 8. The third-order valence-corrected chi connectivity index (χ3v) is 7.23. The van der Waals surface area contributed by atoms with Crippen LogP contribution >= 0.6 is 22.9 Å². The number of hydrogen-bond donors (Lipinski definition) is 1. The lowest BCUT2D eigenvalue weighted by Crippen LogP contribution is -2.49. The molecule has 1 saturated heterocycles. The minimum atomic E-state index is 0.0677. The number of carbonyl (C=O) groups is 1. The van der Waals surface area contributed by atoms with Gasteiger partial charge in [-0.1, -0.05) is 41.9 Å². The Balaban J connectivity index is 1.23. The Morgan fingerprint density at radius 2 is 1.75 bits per heavy atom. The van der Waals surface area contributed by atoms with Crippen LogP contribution in [0.3, 0.4) is 0 Å². The number of amides is 1. The molecule has 2 aromatic heterocycles. The largest absolute Gasteiger partial charge is 0.351 e. The van der Waals surface area contributed by atoms with Gasteiger partial charge < -0.3 is 5.32 Å². The number of aryl methyl sites for hydroxylation is 1. The first kappa shape index (κ1) is 23.0. The molecule has 1 amide bonds. The standard InChI is InChI=1S/C24H30ClN5OS/c1-18-22(19(2)30(27-18)15-20-6-4-3-5-7-20)14-26-24(31)17-29-12-10-28(11-13-29)16-21-8-9-23(25)32-21/h3-9H,10-17H2,1-2H3,(H,26,31). The number of nitrogens with zero attached hydrogens (tertiary/aromatic N) is 4. The zero-order valence-electron chi connectivity index (χ0n) is 18.7. The molecule has 1 aliphatic rings. The zero-order valence-corrected chi connectivity index (χ0v) is 20.3. The van der Waals surface area contributed by atoms with Crippen LogP contribution in [-0.2, 0) is 24.4 Å². The Labute approximate surface area is 198 Å². The van der Waals surface area contributed by atoms with E-state index in [1.165, 1.54) is 10.4 Å². The summed E-state index contributed by atoms with van der Waals surface area (Å²) in [7, 11) is 0. The highest BCUT2D eigenvalue weighted by Crippen LogP contribution is 2.23. The lowest BCUT2D eigenvalue weighted by molar-refractivity contribution is -0.122. The summed E-state index contributed by atoms with van der Waals surface area (Å²) >= 11 is 7.67. The minimum absolute atomic E-state index is 0.0677. The Hall–Kier alpha value is -2.19. The van der Waals surface area contributed by atoms with Gasteiger partial charge in [0.15, 0.2) is 0 Å². The molecule has 32 heavy (non-hydrogen) atoms. The Bertz CT molecular complexity index is 1040. The van der Waals surface area contributed by atoms with Crippen LogP contribution in [0.4, 0.5) is 0 Å². The smallest absolute Gasteiger partial charge is 0.234 e. The van der Waals surface area contributed by atoms with Crippen LogP contribution in [0.15, 0.2) is 42.5 Å². The number of piperazine rings is 1. The molecule has 0 radical (unpaired) electrons. The molecular weight excluding hydrogens is 442 g/mol. The summed E-state index contributed by atoms with van der Waals surface area (Å²) in [5.41, 5.74) is 4.40. The average molecular weight is 472 g/mol. The van der Waals surface area contributed by atoms with E-state index < -0.39 is 0 Å². The van der Waals surface area contributed by atoms with Crippen LogP contribution < -0.4 is 5.32 Å². The normalized spacial score (nSPS) is 15.2. The van der Waals surface area contributed by atoms with Crippen molar-refractivity contribution in [2.75, 3.05) is 32.7 Å². The number of hydrogen-bond acceptors (Lipinski definition) is 5. The predicted octanol–water partition coefficient (Wildman–Crippen LogP) is 3.70. The van der Waals surface area contributed by atoms with Crippen LogP contribution in [0.25, 0.3) is 0 Å². The van der Waals surface area contributed by atoms with E-state index in [2.05, 4.69) is 45.3 Å². The molecule has 3 aromatic rings. The molecule has 0 spiro atoms. The van der Waals surface area contributed by atoms with Gasteiger partial charge in [0, 0.05) is 55.4 Å². The van der Waals surface area contributed by atoms with Crippen molar-refractivity contribution in [1.29, 1.82) is 0 Å². The molecule has 1 aromatic carbocycles. The van der Waals surface area contributed by atoms with Crippen LogP contribution in [-0.4, -0.2) is 58.2 Å². The van der Waals surface area contributed by atoms with Gasteiger partial charge in [0.25, 0.3) is 0 Å². The maximum absolute atomic E-state index is 12.6. The molecule has 8 heteroatoms. The number of aromatic nitrogens is 2. The van der Waals surface area contributed by atoms with Gasteiger partial charge in [-0.25, -0.2) is 0 Å². The first-order chi connectivity index (χ1) is 15.5. The fourth-order valence-electron chi connectivity index (χ4n) is 4.11. The fraction of sp³-hybridized carbons (Fsp3) is 0.417. The van der Waals surface area contributed by atoms with Crippen LogP contribution in [0.2, 0.25) is 4.34 Å². The van der Waals surface area contributed by atoms with E-state index in [1.54, 1.807) is 11.3 Å². The van der Waals surface area contributed by atoms with Gasteiger partial charge in [0.1, 0.15) is 0 Å². The summed E-state index contributed by atoms with van der Waals surface area (Å²) in [5.74, 6) is 0.0677. The lowest BCUT2D eigenvalue weighted by Gasteiger charge is -2.34. The summed E-state index contributed by atoms with van der Waals surface area (Å²) in [6.07, 6.45) is 0. The SMILES string of the molecule is Cc1nn(Cc2ccccc2)c(C)c1CNC(=O)CN1CCN(Cc2ccc(Cl)s2)CC1. The van der Waals surface area contributed by atoms with Crippen molar-refractivity contribution >= 4 is 28.8 Å². The highest BCUT2D eigenvalue weighted by molar-refractivity contribution is 7.16. The summed E-state index contributed by atoms with van der Waals surface area (Å²) in [6.45, 7) is 10.5. The fourth-order valence-corrected chi connectivity index (χ4v) is 5.24. The van der Waals surface area contributed by atoms with Crippen LogP contribution in [0.5, 0.6) is 0 Å². The second-order valence-corrected chi connectivity index (χ2v) is 10.1. The number of benzene rings is 1. The van der Waals surface area contributed by atoms with E-state index in [9.17, 15) is 4.79 Å². The van der Waals surface area contributed by atoms with E-state index in [4.69, 9.17) is 11.6 Å². The molecule has 1 fully saturated rings.